The number of methoxy groups -OCH3 is 1. The second-order valence-electron chi connectivity index (χ2n) is 4.61. The van der Waals surface area contributed by atoms with Crippen LogP contribution in [0.3, 0.4) is 0 Å². The lowest BCUT2D eigenvalue weighted by atomic mass is 9.91. The highest BCUT2D eigenvalue weighted by Crippen LogP contribution is 2.24. The van der Waals surface area contributed by atoms with Crippen LogP contribution in [0.5, 0.6) is 5.75 Å². The lowest BCUT2D eigenvalue weighted by Crippen LogP contribution is -2.05. The Hall–Kier alpha value is -2.35. The van der Waals surface area contributed by atoms with Gasteiger partial charge in [0, 0.05) is 17.9 Å². The SMILES string of the molecule is C=C[C@@H](CC(=O)c1ccccc1)c1ccc(OC)cc1. The van der Waals surface area contributed by atoms with Gasteiger partial charge in [-0.2, -0.15) is 0 Å². The van der Waals surface area contributed by atoms with Crippen molar-refractivity contribution in [2.24, 2.45) is 0 Å². The minimum atomic E-state index is 0.0219. The van der Waals surface area contributed by atoms with Crippen LogP contribution in [-0.2, 0) is 0 Å². The number of ether oxygens (including phenoxy) is 1. The Balaban J connectivity index is 2.12. The molecule has 0 amide bonds. The number of carbonyl (C=O) groups is 1. The van der Waals surface area contributed by atoms with E-state index < -0.39 is 0 Å². The van der Waals surface area contributed by atoms with Crippen molar-refractivity contribution in [1.29, 1.82) is 0 Å². The zero-order chi connectivity index (χ0) is 14.4. The van der Waals surface area contributed by atoms with Crippen LogP contribution >= 0.6 is 0 Å². The van der Waals surface area contributed by atoms with Crippen LogP contribution in [0.1, 0.15) is 28.3 Å². The van der Waals surface area contributed by atoms with Gasteiger partial charge in [-0.3, -0.25) is 4.79 Å². The van der Waals surface area contributed by atoms with Crippen LogP contribution in [0, 0.1) is 0 Å². The van der Waals surface area contributed by atoms with E-state index in [-0.39, 0.29) is 11.7 Å². The van der Waals surface area contributed by atoms with Crippen LogP contribution in [0.2, 0.25) is 0 Å². The first-order valence-electron chi connectivity index (χ1n) is 6.59. The molecule has 0 aromatic heterocycles. The predicted octanol–water partition coefficient (Wildman–Crippen LogP) is 4.24. The van der Waals surface area contributed by atoms with Gasteiger partial charge in [-0.25, -0.2) is 0 Å². The molecule has 0 aliphatic heterocycles. The number of Topliss-reactive ketones (excluding diaryl/α,β-unsaturated/α-hetero) is 1. The fraction of sp³-hybridized carbons (Fsp3) is 0.167. The molecule has 0 saturated heterocycles. The average Bonchev–Trinajstić information content (AvgIpc) is 2.53. The highest BCUT2D eigenvalue weighted by molar-refractivity contribution is 5.96. The zero-order valence-corrected chi connectivity index (χ0v) is 11.6. The second-order valence-corrected chi connectivity index (χ2v) is 4.61. The van der Waals surface area contributed by atoms with E-state index in [4.69, 9.17) is 4.74 Å². The Kier molecular flexibility index (Phi) is 4.72. The van der Waals surface area contributed by atoms with E-state index >= 15 is 0 Å². The predicted molar refractivity (Wildman–Crippen MR) is 81.3 cm³/mol. The summed E-state index contributed by atoms with van der Waals surface area (Å²) in [5.74, 6) is 0.964. The summed E-state index contributed by atoms with van der Waals surface area (Å²) < 4.78 is 5.14. The number of benzene rings is 2. The summed E-state index contributed by atoms with van der Waals surface area (Å²) in [4.78, 5) is 12.2. The molecule has 2 aromatic carbocycles. The van der Waals surface area contributed by atoms with Gasteiger partial charge in [0.25, 0.3) is 0 Å². The van der Waals surface area contributed by atoms with Crippen LogP contribution < -0.4 is 4.74 Å². The third-order valence-electron chi connectivity index (χ3n) is 3.33. The molecule has 2 nitrogen and oxygen atoms in total. The normalized spacial score (nSPS) is 11.7. The molecule has 1 atom stereocenters. The minimum Gasteiger partial charge on any atom is -0.497 e. The van der Waals surface area contributed by atoms with Gasteiger partial charge in [0.05, 0.1) is 7.11 Å². The molecule has 0 fully saturated rings. The molecule has 0 bridgehead atoms. The summed E-state index contributed by atoms with van der Waals surface area (Å²) in [6, 6.07) is 17.1. The number of rotatable bonds is 6. The van der Waals surface area contributed by atoms with E-state index in [1.807, 2.05) is 60.7 Å². The summed E-state index contributed by atoms with van der Waals surface area (Å²) in [6.45, 7) is 3.84. The molecule has 0 spiro atoms. The highest BCUT2D eigenvalue weighted by atomic mass is 16.5. The fourth-order valence-corrected chi connectivity index (χ4v) is 2.13. The van der Waals surface area contributed by atoms with Crippen molar-refractivity contribution in [3.63, 3.8) is 0 Å². The summed E-state index contributed by atoms with van der Waals surface area (Å²) in [5, 5.41) is 0. The zero-order valence-electron chi connectivity index (χ0n) is 11.6. The second kappa shape index (κ2) is 6.71. The molecule has 0 radical (unpaired) electrons. The molecular formula is C18H18O2. The van der Waals surface area contributed by atoms with Crippen molar-refractivity contribution in [2.45, 2.75) is 12.3 Å². The lowest BCUT2D eigenvalue weighted by molar-refractivity contribution is 0.0978. The molecule has 0 saturated carbocycles. The summed E-state index contributed by atoms with van der Waals surface area (Å²) >= 11 is 0. The summed E-state index contributed by atoms with van der Waals surface area (Å²) in [5.41, 5.74) is 1.82. The molecule has 102 valence electrons. The highest BCUT2D eigenvalue weighted by Gasteiger charge is 2.14. The van der Waals surface area contributed by atoms with Crippen LogP contribution in [0.25, 0.3) is 0 Å². The van der Waals surface area contributed by atoms with E-state index in [9.17, 15) is 4.79 Å². The van der Waals surface area contributed by atoms with E-state index in [1.165, 1.54) is 0 Å². The molecule has 0 aliphatic rings. The van der Waals surface area contributed by atoms with Gasteiger partial charge in [0.1, 0.15) is 5.75 Å². The smallest absolute Gasteiger partial charge is 0.163 e. The van der Waals surface area contributed by atoms with E-state index in [0.717, 1.165) is 16.9 Å². The summed E-state index contributed by atoms with van der Waals surface area (Å²) in [6.07, 6.45) is 2.25. The molecule has 2 aromatic rings. The lowest BCUT2D eigenvalue weighted by Gasteiger charge is -2.13. The van der Waals surface area contributed by atoms with Crippen molar-refractivity contribution in [3.05, 3.63) is 78.4 Å². The van der Waals surface area contributed by atoms with Gasteiger partial charge in [0.15, 0.2) is 5.78 Å². The Morgan fingerprint density at radius 1 is 1.15 bits per heavy atom. The van der Waals surface area contributed by atoms with Crippen LogP contribution in [0.15, 0.2) is 67.3 Å². The monoisotopic (exact) mass is 266 g/mol. The maximum absolute atomic E-state index is 12.2. The molecular weight excluding hydrogens is 248 g/mol. The molecule has 0 heterocycles. The third kappa shape index (κ3) is 3.35. The first-order valence-corrected chi connectivity index (χ1v) is 6.59. The number of hydrogen-bond acceptors (Lipinski definition) is 2. The van der Waals surface area contributed by atoms with E-state index in [1.54, 1.807) is 7.11 Å². The van der Waals surface area contributed by atoms with Crippen LogP contribution in [-0.4, -0.2) is 12.9 Å². The topological polar surface area (TPSA) is 26.3 Å². The van der Waals surface area contributed by atoms with Crippen molar-refractivity contribution in [3.8, 4) is 5.75 Å². The maximum atomic E-state index is 12.2. The van der Waals surface area contributed by atoms with Crippen LogP contribution in [0.4, 0.5) is 0 Å². The number of carbonyl (C=O) groups excluding carboxylic acids is 1. The van der Waals surface area contributed by atoms with Gasteiger partial charge in [-0.15, -0.1) is 6.58 Å². The number of hydrogen-bond donors (Lipinski definition) is 0. The van der Waals surface area contributed by atoms with E-state index in [2.05, 4.69) is 6.58 Å². The van der Waals surface area contributed by atoms with Gasteiger partial charge in [-0.05, 0) is 17.7 Å². The van der Waals surface area contributed by atoms with Crippen molar-refractivity contribution < 1.29 is 9.53 Å². The Labute approximate surface area is 119 Å². The minimum absolute atomic E-state index is 0.0219. The Morgan fingerprint density at radius 2 is 1.80 bits per heavy atom. The molecule has 0 unspecified atom stereocenters. The van der Waals surface area contributed by atoms with E-state index in [0.29, 0.717) is 6.42 Å². The molecule has 0 N–H and O–H groups in total. The Bertz CT molecular complexity index is 570. The first kappa shape index (κ1) is 14.1. The Morgan fingerprint density at radius 3 is 2.35 bits per heavy atom. The van der Waals surface area contributed by atoms with Gasteiger partial charge in [0.2, 0.25) is 0 Å². The third-order valence-corrected chi connectivity index (χ3v) is 3.33. The molecule has 2 rings (SSSR count). The van der Waals surface area contributed by atoms with Gasteiger partial charge < -0.3 is 4.74 Å². The summed E-state index contributed by atoms with van der Waals surface area (Å²) in [7, 11) is 1.64. The quantitative estimate of drug-likeness (QED) is 0.577. The first-order chi connectivity index (χ1) is 9.74. The average molecular weight is 266 g/mol. The maximum Gasteiger partial charge on any atom is 0.163 e. The van der Waals surface area contributed by atoms with Crippen molar-refractivity contribution >= 4 is 5.78 Å². The van der Waals surface area contributed by atoms with Crippen molar-refractivity contribution in [2.75, 3.05) is 7.11 Å². The van der Waals surface area contributed by atoms with Gasteiger partial charge in [-0.1, -0.05) is 48.5 Å². The molecule has 2 heteroatoms. The largest absolute Gasteiger partial charge is 0.497 e. The number of allylic oxidation sites excluding steroid dienone is 1. The molecule has 20 heavy (non-hydrogen) atoms. The number of ketones is 1. The standard InChI is InChI=1S/C18H18O2/c1-3-14(15-9-11-17(20-2)12-10-15)13-18(19)16-7-5-4-6-8-16/h3-12,14H,1,13H2,2H3/t14-/m0/s1. The fourth-order valence-electron chi connectivity index (χ4n) is 2.13. The van der Waals surface area contributed by atoms with Crippen molar-refractivity contribution in [1.82, 2.24) is 0 Å². The molecule has 0 aliphatic carbocycles. The van der Waals surface area contributed by atoms with Gasteiger partial charge >= 0.3 is 0 Å².